The second-order valence-electron chi connectivity index (χ2n) is 7.92. The van der Waals surface area contributed by atoms with Crippen LogP contribution in [0, 0.1) is 28.6 Å². The zero-order valence-corrected chi connectivity index (χ0v) is 13.8. The summed E-state index contributed by atoms with van der Waals surface area (Å²) in [5, 5.41) is 0. The second kappa shape index (κ2) is 4.50. The van der Waals surface area contributed by atoms with E-state index in [1.165, 1.54) is 0 Å². The Bertz CT molecular complexity index is 745. The predicted octanol–water partition coefficient (Wildman–Crippen LogP) is 2.72. The van der Waals surface area contributed by atoms with Crippen LogP contribution in [0.4, 0.5) is 26.3 Å². The molecule has 4 rings (SSSR count). The minimum Gasteiger partial charge on any atom is -0.438 e. The molecule has 1 spiro atoms. The summed E-state index contributed by atoms with van der Waals surface area (Å²) < 4.78 is 114. The van der Waals surface area contributed by atoms with Gasteiger partial charge in [-0.1, -0.05) is 0 Å². The Kier molecular flexibility index (Phi) is 3.17. The summed E-state index contributed by atoms with van der Waals surface area (Å²) in [5.74, 6) is -4.15. The minimum absolute atomic E-state index is 0.111. The zero-order chi connectivity index (χ0) is 19.6. The van der Waals surface area contributed by atoms with Gasteiger partial charge in [-0.05, 0) is 48.9 Å². The highest BCUT2D eigenvalue weighted by molar-refractivity contribution is 7.85. The van der Waals surface area contributed by atoms with Gasteiger partial charge >= 0.3 is 23.9 Å². The molecule has 0 saturated heterocycles. The third-order valence-corrected chi connectivity index (χ3v) is 7.91. The summed E-state index contributed by atoms with van der Waals surface area (Å²) in [6.45, 7) is 0. The standard InChI is InChI=1S/C14H14F6O5S/c15-13(16,17)11(14(18,19)20,5-26(22,23)24)25-9(21)10-3-7-1-6-2-8(4-10)12(6,7)10/h6-8H,1-5H2,(H,22,23,24). The van der Waals surface area contributed by atoms with E-state index >= 15 is 0 Å². The van der Waals surface area contributed by atoms with Crippen LogP contribution in [0.15, 0.2) is 0 Å². The summed E-state index contributed by atoms with van der Waals surface area (Å²) >= 11 is 0. The summed E-state index contributed by atoms with van der Waals surface area (Å²) in [4.78, 5) is 12.5. The van der Waals surface area contributed by atoms with Crippen molar-refractivity contribution in [1.29, 1.82) is 0 Å². The third-order valence-electron chi connectivity index (χ3n) is 7.14. The van der Waals surface area contributed by atoms with E-state index in [0.717, 1.165) is 12.8 Å². The number of halogens is 6. The average Bonchev–Trinajstić information content (AvgIpc) is 2.29. The van der Waals surface area contributed by atoms with Crippen LogP contribution in [0.5, 0.6) is 0 Å². The number of carbonyl (C=O) groups is 1. The van der Waals surface area contributed by atoms with E-state index in [0.29, 0.717) is 0 Å². The van der Waals surface area contributed by atoms with Gasteiger partial charge in [0.2, 0.25) is 0 Å². The number of ether oxygens (including phenoxy) is 1. The van der Waals surface area contributed by atoms with Crippen molar-refractivity contribution in [2.75, 3.05) is 5.75 Å². The van der Waals surface area contributed by atoms with Crippen molar-refractivity contribution >= 4 is 16.1 Å². The van der Waals surface area contributed by atoms with Crippen molar-refractivity contribution in [2.45, 2.75) is 43.6 Å². The zero-order valence-electron chi connectivity index (χ0n) is 13.0. The largest absolute Gasteiger partial charge is 0.438 e. The lowest BCUT2D eigenvalue weighted by Crippen LogP contribution is -2.87. The number of alkyl halides is 6. The molecule has 4 aliphatic carbocycles. The van der Waals surface area contributed by atoms with Gasteiger partial charge in [-0.3, -0.25) is 9.35 Å². The fourth-order valence-electron chi connectivity index (χ4n) is 6.26. The van der Waals surface area contributed by atoms with Gasteiger partial charge in [0.05, 0.1) is 5.41 Å². The van der Waals surface area contributed by atoms with Crippen molar-refractivity contribution in [3.63, 3.8) is 0 Å². The molecular weight excluding hydrogens is 394 g/mol. The Morgan fingerprint density at radius 2 is 1.46 bits per heavy atom. The first-order valence-corrected chi connectivity index (χ1v) is 9.54. The van der Waals surface area contributed by atoms with Crippen LogP contribution < -0.4 is 0 Å². The molecule has 4 aliphatic rings. The first-order valence-electron chi connectivity index (χ1n) is 7.93. The molecule has 0 aromatic rings. The minimum atomic E-state index is -6.27. The SMILES string of the molecule is O=C(OC(CS(=O)(=O)O)(C(F)(F)F)C(F)(F)F)C12CC3CC4CC(C1)C432. The maximum atomic E-state index is 13.3. The summed E-state index contributed by atoms with van der Waals surface area (Å²) in [6.07, 6.45) is -10.6. The highest BCUT2D eigenvalue weighted by Gasteiger charge is 2.91. The van der Waals surface area contributed by atoms with E-state index in [9.17, 15) is 39.6 Å². The van der Waals surface area contributed by atoms with Crippen molar-refractivity contribution in [2.24, 2.45) is 28.6 Å². The van der Waals surface area contributed by atoms with E-state index < -0.39 is 50.6 Å². The average molecular weight is 408 g/mol. The molecule has 0 aliphatic heterocycles. The highest BCUT2D eigenvalue weighted by atomic mass is 32.2. The third kappa shape index (κ3) is 1.78. The van der Waals surface area contributed by atoms with Crippen LogP contribution in [-0.2, 0) is 19.6 Å². The van der Waals surface area contributed by atoms with Gasteiger partial charge in [-0.15, -0.1) is 0 Å². The Morgan fingerprint density at radius 3 is 1.77 bits per heavy atom. The molecule has 5 nitrogen and oxygen atoms in total. The van der Waals surface area contributed by atoms with Crippen molar-refractivity contribution < 1.29 is 48.8 Å². The van der Waals surface area contributed by atoms with E-state index in [-0.39, 0.29) is 30.6 Å². The van der Waals surface area contributed by atoms with Gasteiger partial charge in [-0.2, -0.15) is 34.8 Å². The fraction of sp³-hybridized carbons (Fsp3) is 0.929. The maximum absolute atomic E-state index is 13.3. The maximum Gasteiger partial charge on any atom is 0.438 e. The molecule has 4 saturated carbocycles. The molecule has 0 bridgehead atoms. The van der Waals surface area contributed by atoms with Crippen LogP contribution >= 0.6 is 0 Å². The molecule has 0 amide bonds. The van der Waals surface area contributed by atoms with Crippen LogP contribution in [0.1, 0.15) is 25.7 Å². The van der Waals surface area contributed by atoms with Gasteiger partial charge in [0.25, 0.3) is 10.1 Å². The van der Waals surface area contributed by atoms with Gasteiger partial charge < -0.3 is 4.74 Å². The molecule has 0 aromatic carbocycles. The van der Waals surface area contributed by atoms with Crippen LogP contribution in [-0.4, -0.2) is 42.6 Å². The monoisotopic (exact) mass is 408 g/mol. The summed E-state index contributed by atoms with van der Waals surface area (Å²) in [5.41, 5.74) is -7.23. The lowest BCUT2D eigenvalue weighted by molar-refractivity contribution is -0.428. The molecule has 1 N–H and O–H groups in total. The quantitative estimate of drug-likeness (QED) is 0.440. The smallest absolute Gasteiger partial charge is 0.438 e. The van der Waals surface area contributed by atoms with Gasteiger partial charge in [0.1, 0.15) is 5.75 Å². The molecular formula is C14H14F6O5S. The molecule has 26 heavy (non-hydrogen) atoms. The number of hydrogen-bond acceptors (Lipinski definition) is 4. The highest BCUT2D eigenvalue weighted by Crippen LogP contribution is 2.93. The topological polar surface area (TPSA) is 80.7 Å². The number of carbonyl (C=O) groups excluding carboxylic acids is 1. The first-order chi connectivity index (χ1) is 11.6. The Labute approximate surface area is 143 Å². The van der Waals surface area contributed by atoms with Gasteiger partial charge in [0, 0.05) is 0 Å². The van der Waals surface area contributed by atoms with Gasteiger partial charge in [0.15, 0.2) is 0 Å². The Hall–Kier alpha value is -1.04. The normalized spacial score (nSPS) is 40.8. The molecule has 2 unspecified atom stereocenters. The van der Waals surface area contributed by atoms with Crippen molar-refractivity contribution in [1.82, 2.24) is 0 Å². The van der Waals surface area contributed by atoms with E-state index in [2.05, 4.69) is 4.74 Å². The molecule has 2 atom stereocenters. The molecule has 148 valence electrons. The Morgan fingerprint density at radius 1 is 1.00 bits per heavy atom. The van der Waals surface area contributed by atoms with E-state index in [1.54, 1.807) is 0 Å². The summed E-state index contributed by atoms with van der Waals surface area (Å²) in [6, 6.07) is 0. The number of esters is 1. The van der Waals surface area contributed by atoms with E-state index in [4.69, 9.17) is 4.55 Å². The van der Waals surface area contributed by atoms with E-state index in [1.807, 2.05) is 0 Å². The molecule has 0 heterocycles. The molecule has 12 heteroatoms. The molecule has 4 fully saturated rings. The van der Waals surface area contributed by atoms with Gasteiger partial charge in [-0.25, -0.2) is 0 Å². The second-order valence-corrected chi connectivity index (χ2v) is 9.38. The summed E-state index contributed by atoms with van der Waals surface area (Å²) in [7, 11) is -5.75. The van der Waals surface area contributed by atoms with Crippen LogP contribution in [0.25, 0.3) is 0 Å². The number of rotatable bonds is 4. The fourth-order valence-corrected chi connectivity index (χ4v) is 7.16. The number of hydrogen-bond donors (Lipinski definition) is 1. The predicted molar refractivity (Wildman–Crippen MR) is 71.2 cm³/mol. The Balaban J connectivity index is 1.69. The lowest BCUT2D eigenvalue weighted by Gasteiger charge is -2.89. The van der Waals surface area contributed by atoms with Crippen molar-refractivity contribution in [3.05, 3.63) is 0 Å². The molecule has 0 radical (unpaired) electrons. The van der Waals surface area contributed by atoms with Crippen LogP contribution in [0.3, 0.4) is 0 Å². The molecule has 0 aromatic heterocycles. The van der Waals surface area contributed by atoms with Crippen molar-refractivity contribution in [3.8, 4) is 0 Å². The van der Waals surface area contributed by atoms with Crippen LogP contribution in [0.2, 0.25) is 0 Å². The first kappa shape index (κ1) is 18.3. The lowest BCUT2D eigenvalue weighted by atomic mass is 9.13.